The molecule has 3 rings (SSSR count). The van der Waals surface area contributed by atoms with Crippen molar-refractivity contribution in [3.8, 4) is 5.75 Å². The molecule has 7 nitrogen and oxygen atoms in total. The van der Waals surface area contributed by atoms with Crippen LogP contribution < -0.4 is 15.4 Å². The molecule has 0 aliphatic carbocycles. The van der Waals surface area contributed by atoms with Crippen molar-refractivity contribution in [3.63, 3.8) is 0 Å². The van der Waals surface area contributed by atoms with E-state index in [1.807, 2.05) is 18.2 Å². The van der Waals surface area contributed by atoms with E-state index in [4.69, 9.17) is 9.73 Å². The number of fused-ring (bicyclic) bond motifs is 1. The molecular formula is C22H35IN6O. The van der Waals surface area contributed by atoms with Crippen molar-refractivity contribution < 1.29 is 4.74 Å². The molecule has 8 heteroatoms. The fourth-order valence-electron chi connectivity index (χ4n) is 3.36. The zero-order valence-electron chi connectivity index (χ0n) is 18.5. The Morgan fingerprint density at radius 2 is 2.13 bits per heavy atom. The lowest BCUT2D eigenvalue weighted by atomic mass is 10.1. The minimum Gasteiger partial charge on any atom is -0.493 e. The first-order valence-corrected chi connectivity index (χ1v) is 10.7. The number of aromatic nitrogens is 3. The summed E-state index contributed by atoms with van der Waals surface area (Å²) in [7, 11) is 0. The molecule has 0 saturated carbocycles. The summed E-state index contributed by atoms with van der Waals surface area (Å²) in [6, 6.07) is 8.41. The van der Waals surface area contributed by atoms with Crippen molar-refractivity contribution in [1.29, 1.82) is 0 Å². The zero-order valence-corrected chi connectivity index (χ0v) is 20.8. The molecule has 1 aromatic carbocycles. The van der Waals surface area contributed by atoms with Crippen molar-refractivity contribution in [2.75, 3.05) is 19.7 Å². The van der Waals surface area contributed by atoms with Crippen LogP contribution in [0.3, 0.4) is 0 Å². The van der Waals surface area contributed by atoms with E-state index in [9.17, 15) is 0 Å². The number of halogens is 1. The number of benzene rings is 1. The minimum atomic E-state index is 0. The van der Waals surface area contributed by atoms with Gasteiger partial charge in [-0.15, -0.1) is 24.0 Å². The van der Waals surface area contributed by atoms with Gasteiger partial charge in [0.25, 0.3) is 0 Å². The smallest absolute Gasteiger partial charge is 0.191 e. The van der Waals surface area contributed by atoms with Crippen molar-refractivity contribution in [2.24, 2.45) is 4.99 Å². The third-order valence-corrected chi connectivity index (χ3v) is 5.00. The minimum absolute atomic E-state index is 0. The standard InChI is InChI=1S/C22H34N6O.HI/c1-5-23-22(24-13-8-14-29-19-10-7-6-9-17(19)4)25-18-11-12-20-26-21(16(2)3)27-28(20)15-18;/h6-7,9-10,16,18H,5,8,11-15H2,1-4H3,(H2,23,24,25);1H. The predicted molar refractivity (Wildman–Crippen MR) is 132 cm³/mol. The van der Waals surface area contributed by atoms with Crippen LogP contribution >= 0.6 is 24.0 Å². The molecule has 1 atom stereocenters. The molecule has 1 unspecified atom stereocenters. The maximum atomic E-state index is 5.86. The van der Waals surface area contributed by atoms with E-state index in [2.05, 4.69) is 59.2 Å². The fourth-order valence-corrected chi connectivity index (χ4v) is 3.36. The molecule has 0 bridgehead atoms. The summed E-state index contributed by atoms with van der Waals surface area (Å²) in [5.41, 5.74) is 1.16. The van der Waals surface area contributed by atoms with Crippen LogP contribution in [0.1, 0.15) is 56.7 Å². The zero-order chi connectivity index (χ0) is 20.6. The van der Waals surface area contributed by atoms with Gasteiger partial charge in [0.05, 0.1) is 13.2 Å². The highest BCUT2D eigenvalue weighted by atomic mass is 127. The van der Waals surface area contributed by atoms with Crippen molar-refractivity contribution in [2.45, 2.75) is 65.5 Å². The molecule has 30 heavy (non-hydrogen) atoms. The number of hydrogen-bond donors (Lipinski definition) is 2. The van der Waals surface area contributed by atoms with Crippen LogP contribution in [0, 0.1) is 6.92 Å². The largest absolute Gasteiger partial charge is 0.493 e. The molecule has 0 fully saturated rings. The van der Waals surface area contributed by atoms with Crippen molar-refractivity contribution in [1.82, 2.24) is 25.4 Å². The molecule has 2 aromatic rings. The molecule has 2 heterocycles. The van der Waals surface area contributed by atoms with Crippen molar-refractivity contribution >= 4 is 29.9 Å². The highest BCUT2D eigenvalue weighted by Gasteiger charge is 2.23. The van der Waals surface area contributed by atoms with Gasteiger partial charge in [-0.25, -0.2) is 9.67 Å². The molecular weight excluding hydrogens is 491 g/mol. The second kappa shape index (κ2) is 12.1. The topological polar surface area (TPSA) is 76.4 Å². The van der Waals surface area contributed by atoms with E-state index in [-0.39, 0.29) is 24.0 Å². The van der Waals surface area contributed by atoms with Gasteiger partial charge in [-0.2, -0.15) is 5.10 Å². The number of ether oxygens (including phenoxy) is 1. The van der Waals surface area contributed by atoms with Crippen LogP contribution in [0.2, 0.25) is 0 Å². The van der Waals surface area contributed by atoms with Gasteiger partial charge in [-0.1, -0.05) is 32.0 Å². The first-order valence-electron chi connectivity index (χ1n) is 10.7. The number of aliphatic imine (C=N–C) groups is 1. The number of aryl methyl sites for hydroxylation is 2. The molecule has 1 aliphatic rings. The average Bonchev–Trinajstić information content (AvgIpc) is 3.13. The second-order valence-corrected chi connectivity index (χ2v) is 7.83. The van der Waals surface area contributed by atoms with Gasteiger partial charge in [0.2, 0.25) is 0 Å². The monoisotopic (exact) mass is 526 g/mol. The van der Waals surface area contributed by atoms with Gasteiger partial charge in [0.1, 0.15) is 11.6 Å². The molecule has 166 valence electrons. The van der Waals surface area contributed by atoms with E-state index < -0.39 is 0 Å². The van der Waals surface area contributed by atoms with E-state index >= 15 is 0 Å². The van der Waals surface area contributed by atoms with Crippen LogP contribution in [-0.2, 0) is 13.0 Å². The number of nitrogens with one attached hydrogen (secondary N) is 2. The van der Waals surface area contributed by atoms with Crippen molar-refractivity contribution in [3.05, 3.63) is 41.5 Å². The van der Waals surface area contributed by atoms with Crippen LogP contribution in [0.25, 0.3) is 0 Å². The van der Waals surface area contributed by atoms with Crippen LogP contribution in [0.5, 0.6) is 5.75 Å². The molecule has 0 amide bonds. The van der Waals surface area contributed by atoms with E-state index in [0.29, 0.717) is 18.6 Å². The number of guanidine groups is 1. The summed E-state index contributed by atoms with van der Waals surface area (Å²) in [5, 5.41) is 11.6. The first kappa shape index (κ1) is 24.4. The lowest BCUT2D eigenvalue weighted by molar-refractivity contribution is 0.311. The van der Waals surface area contributed by atoms with Gasteiger partial charge in [-0.05, 0) is 31.9 Å². The summed E-state index contributed by atoms with van der Waals surface area (Å²) >= 11 is 0. The Morgan fingerprint density at radius 1 is 1.33 bits per heavy atom. The lowest BCUT2D eigenvalue weighted by Crippen LogP contribution is -2.47. The molecule has 0 spiro atoms. The summed E-state index contributed by atoms with van der Waals surface area (Å²) in [4.78, 5) is 9.39. The Kier molecular flexibility index (Phi) is 9.87. The van der Waals surface area contributed by atoms with Gasteiger partial charge in [-0.3, -0.25) is 4.99 Å². The van der Waals surface area contributed by atoms with Gasteiger partial charge in [0, 0.05) is 37.9 Å². The number of rotatable bonds is 8. The SMILES string of the molecule is CCNC(=NCCCOc1ccccc1C)NC1CCc2nc(C(C)C)nn2C1.I. The Hall–Kier alpha value is -1.84. The van der Waals surface area contributed by atoms with Gasteiger partial charge < -0.3 is 15.4 Å². The van der Waals surface area contributed by atoms with E-state index in [0.717, 1.165) is 67.8 Å². The summed E-state index contributed by atoms with van der Waals surface area (Å²) in [6.07, 6.45) is 2.86. The lowest BCUT2D eigenvalue weighted by Gasteiger charge is -2.25. The number of nitrogens with zero attached hydrogens (tertiary/aromatic N) is 4. The molecule has 1 aliphatic heterocycles. The molecule has 1 aromatic heterocycles. The Labute approximate surface area is 197 Å². The Balaban J connectivity index is 0.00000320. The normalized spacial score (nSPS) is 16.0. The molecule has 0 saturated heterocycles. The van der Waals surface area contributed by atoms with E-state index in [1.54, 1.807) is 0 Å². The summed E-state index contributed by atoms with van der Waals surface area (Å²) in [6.45, 7) is 11.5. The Bertz CT molecular complexity index is 820. The third kappa shape index (κ3) is 6.85. The quantitative estimate of drug-likeness (QED) is 0.238. The maximum Gasteiger partial charge on any atom is 0.191 e. The van der Waals surface area contributed by atoms with Crippen LogP contribution in [-0.4, -0.2) is 46.5 Å². The first-order chi connectivity index (χ1) is 14.1. The van der Waals surface area contributed by atoms with Crippen LogP contribution in [0.15, 0.2) is 29.3 Å². The maximum absolute atomic E-state index is 5.86. The highest BCUT2D eigenvalue weighted by Crippen LogP contribution is 2.17. The molecule has 2 N–H and O–H groups in total. The van der Waals surface area contributed by atoms with Crippen LogP contribution in [0.4, 0.5) is 0 Å². The second-order valence-electron chi connectivity index (χ2n) is 7.83. The molecule has 0 radical (unpaired) electrons. The predicted octanol–water partition coefficient (Wildman–Crippen LogP) is 3.67. The third-order valence-electron chi connectivity index (χ3n) is 5.00. The number of para-hydroxylation sites is 1. The van der Waals surface area contributed by atoms with Gasteiger partial charge >= 0.3 is 0 Å². The fraction of sp³-hybridized carbons (Fsp3) is 0.591. The van der Waals surface area contributed by atoms with E-state index in [1.165, 1.54) is 0 Å². The summed E-state index contributed by atoms with van der Waals surface area (Å²) < 4.78 is 7.91. The number of hydrogen-bond acceptors (Lipinski definition) is 4. The average molecular weight is 526 g/mol. The highest BCUT2D eigenvalue weighted by molar-refractivity contribution is 14.0. The Morgan fingerprint density at radius 3 is 2.87 bits per heavy atom. The van der Waals surface area contributed by atoms with Gasteiger partial charge in [0.15, 0.2) is 11.8 Å². The summed E-state index contributed by atoms with van der Waals surface area (Å²) in [5.74, 6) is 4.21.